The zero-order valence-electron chi connectivity index (χ0n) is 28.9. The normalized spacial score (nSPS) is 19.9. The lowest BCUT2D eigenvalue weighted by atomic mass is 9.85. The van der Waals surface area contributed by atoms with Crippen LogP contribution in [0.25, 0.3) is 0 Å². The van der Waals surface area contributed by atoms with Crippen LogP contribution in [0, 0.1) is 22.7 Å². The summed E-state index contributed by atoms with van der Waals surface area (Å²) in [6, 6.07) is -3.73. The number of urea groups is 1. The van der Waals surface area contributed by atoms with E-state index < -0.39 is 53.1 Å². The molecule has 1 aliphatic carbocycles. The summed E-state index contributed by atoms with van der Waals surface area (Å²) in [7, 11) is 0. The van der Waals surface area contributed by atoms with Gasteiger partial charge in [-0.25, -0.2) is 4.79 Å². The van der Waals surface area contributed by atoms with Crippen LogP contribution in [0.4, 0.5) is 4.79 Å². The summed E-state index contributed by atoms with van der Waals surface area (Å²) in [6.45, 7) is 21.1. The second kappa shape index (κ2) is 18.3. The molecule has 47 heavy (non-hydrogen) atoms. The topological polar surface area (TPSA) is 178 Å². The second-order valence-electron chi connectivity index (χ2n) is 14.6. The summed E-state index contributed by atoms with van der Waals surface area (Å²) in [5.74, 6) is -2.61. The highest BCUT2D eigenvalue weighted by atomic mass is 32.2. The molecule has 0 radical (unpaired) electrons. The van der Waals surface area contributed by atoms with Gasteiger partial charge in [-0.05, 0) is 47.3 Å². The number of carbonyl (C=O) groups excluding carboxylic acids is 5. The third kappa shape index (κ3) is 12.7. The lowest BCUT2D eigenvalue weighted by Gasteiger charge is -2.37. The van der Waals surface area contributed by atoms with E-state index in [9.17, 15) is 28.2 Å². The maximum absolute atomic E-state index is 14.2. The molecule has 0 aromatic carbocycles. The van der Waals surface area contributed by atoms with Crippen molar-refractivity contribution in [3.05, 3.63) is 25.3 Å². The van der Waals surface area contributed by atoms with Gasteiger partial charge in [-0.2, -0.15) is 0 Å². The lowest BCUT2D eigenvalue weighted by Crippen LogP contribution is -2.62. The summed E-state index contributed by atoms with van der Waals surface area (Å²) in [5.41, 5.74) is -1.02. The quantitative estimate of drug-likeness (QED) is 0.0395. The predicted octanol–water partition coefficient (Wildman–Crippen LogP) is 1.59. The smallest absolute Gasteiger partial charge is 0.346 e. The van der Waals surface area contributed by atoms with Crippen molar-refractivity contribution in [2.75, 3.05) is 32.7 Å². The summed E-state index contributed by atoms with van der Waals surface area (Å²) in [6.07, 6.45) is 6.51. The minimum Gasteiger partial charge on any atom is -0.346 e. The van der Waals surface area contributed by atoms with Gasteiger partial charge in [0.05, 0.1) is 16.8 Å². The van der Waals surface area contributed by atoms with Crippen LogP contribution < -0.4 is 31.3 Å². The van der Waals surface area contributed by atoms with Crippen LogP contribution in [-0.2, 0) is 35.2 Å². The number of nitrogens with zero attached hydrogens (tertiary/aromatic N) is 1. The van der Waals surface area contributed by atoms with E-state index in [0.717, 1.165) is 19.3 Å². The van der Waals surface area contributed by atoms with E-state index in [4.69, 9.17) is 0 Å². The Morgan fingerprint density at radius 2 is 1.62 bits per heavy atom. The molecule has 0 aromatic rings. The Hall–Kier alpha value is -3.23. The Morgan fingerprint density at radius 1 is 0.936 bits per heavy atom. The first-order chi connectivity index (χ1) is 22.0. The Bertz CT molecular complexity index is 1150. The molecule has 14 heteroatoms. The predicted molar refractivity (Wildman–Crippen MR) is 183 cm³/mol. The highest BCUT2D eigenvalue weighted by Gasteiger charge is 2.46. The largest absolute Gasteiger partial charge is 0.587 e. The highest BCUT2D eigenvalue weighted by Crippen LogP contribution is 2.34. The minimum atomic E-state index is -1.02. The maximum atomic E-state index is 14.2. The third-order valence-corrected chi connectivity index (χ3v) is 8.93. The summed E-state index contributed by atoms with van der Waals surface area (Å²) < 4.78 is 13.2. The van der Waals surface area contributed by atoms with E-state index in [-0.39, 0.29) is 36.4 Å². The molecule has 1 saturated carbocycles. The number of likely N-dealkylation sites (tertiary alicyclic amines) is 1. The van der Waals surface area contributed by atoms with Gasteiger partial charge in [0.1, 0.15) is 12.1 Å². The number of Topliss-reactive ketones (excluding diaryl/α,β-unsaturated/α-hetero) is 1. The lowest BCUT2D eigenvalue weighted by molar-refractivity contribution is -0.144. The standard InChI is InChI=1S/C33H55N7O6S/c1-9-15-35-29(43)26(41)23(19-21-12-13-21)37-28(42)25-22(10-2)14-18-40(25)30(44)27(33(6,7)8)39-31(45)38-24(32(3,4)5)20-34-16-11-17-36-47-46/h9-10,21-25,27,34H,1-2,11-20H2,3-8H3,(H4-,35,36,37,38,39,42,43,45,46)/p+1/t22-,23?,24+,25-,27+/m0/s1. The average molecular weight is 679 g/mol. The van der Waals surface area contributed by atoms with Crippen LogP contribution in [0.5, 0.6) is 0 Å². The molecule has 1 unspecified atom stereocenters. The number of amides is 5. The van der Waals surface area contributed by atoms with Crippen LogP contribution in [0.15, 0.2) is 25.3 Å². The number of ketones is 1. The van der Waals surface area contributed by atoms with E-state index >= 15 is 0 Å². The molecule has 0 spiro atoms. The number of hydrogen-bond donors (Lipinski definition) is 6. The number of hydrogen-bond acceptors (Lipinski definition) is 7. The van der Waals surface area contributed by atoms with Gasteiger partial charge in [-0.3, -0.25) is 19.2 Å². The zero-order valence-corrected chi connectivity index (χ0v) is 29.7. The summed E-state index contributed by atoms with van der Waals surface area (Å²) in [4.78, 5) is 68.4. The molecule has 6 N–H and O–H groups in total. The molecular formula is C33H56N7O6S+. The first-order valence-corrected chi connectivity index (χ1v) is 17.2. The Morgan fingerprint density at radius 3 is 2.17 bits per heavy atom. The Kier molecular flexibility index (Phi) is 15.6. The molecule has 0 bridgehead atoms. The van der Waals surface area contributed by atoms with Gasteiger partial charge < -0.3 is 31.5 Å². The Labute approximate surface area is 283 Å². The number of carbonyl (C=O) groups is 5. The van der Waals surface area contributed by atoms with Crippen LogP contribution >= 0.6 is 0 Å². The molecule has 2 fully saturated rings. The fourth-order valence-corrected chi connectivity index (χ4v) is 5.75. The summed E-state index contributed by atoms with van der Waals surface area (Å²) in [5, 5.41) is 14.5. The molecule has 1 heterocycles. The first-order valence-electron chi connectivity index (χ1n) is 16.5. The third-order valence-electron chi connectivity index (χ3n) is 8.61. The van der Waals surface area contributed by atoms with Gasteiger partial charge in [0.25, 0.3) is 5.91 Å². The highest BCUT2D eigenvalue weighted by molar-refractivity contribution is 7.63. The average Bonchev–Trinajstić information content (AvgIpc) is 3.71. The summed E-state index contributed by atoms with van der Waals surface area (Å²) >= 11 is 0.329. The zero-order chi connectivity index (χ0) is 35.4. The van der Waals surface area contributed by atoms with Crippen molar-refractivity contribution in [1.29, 1.82) is 0 Å². The van der Waals surface area contributed by atoms with Crippen molar-refractivity contribution in [1.82, 2.24) is 36.2 Å². The molecule has 2 aliphatic rings. The SMILES string of the molecule is C=CCNC(=O)C(=O)C(CC1CC1)NC(=O)[C@@H]1[C@@H](C=C)CCN1C(=O)[C@@H](NC(=O)N[C@H](CNCCCN[S+]=O)C(C)(C)C)C(C)(C)C. The first kappa shape index (κ1) is 39.9. The minimum absolute atomic E-state index is 0.125. The van der Waals surface area contributed by atoms with Crippen LogP contribution in [-0.4, -0.2) is 91.3 Å². The van der Waals surface area contributed by atoms with Crippen molar-refractivity contribution in [3.63, 3.8) is 0 Å². The van der Waals surface area contributed by atoms with E-state index in [1.54, 1.807) is 6.08 Å². The monoisotopic (exact) mass is 678 g/mol. The number of nitrogens with one attached hydrogen (secondary N) is 6. The number of rotatable bonds is 19. The molecule has 13 nitrogen and oxygen atoms in total. The second-order valence-corrected chi connectivity index (χ2v) is 15.1. The molecule has 1 saturated heterocycles. The van der Waals surface area contributed by atoms with Gasteiger partial charge in [-0.15, -0.1) is 13.2 Å². The van der Waals surface area contributed by atoms with Gasteiger partial charge in [0.15, 0.2) is 0 Å². The van der Waals surface area contributed by atoms with Gasteiger partial charge in [-0.1, -0.05) is 66.5 Å². The molecule has 1 aliphatic heterocycles. The Balaban J connectivity index is 2.20. The fraction of sp³-hybridized carbons (Fsp3) is 0.727. The van der Waals surface area contributed by atoms with E-state index in [2.05, 4.69) is 44.5 Å². The molecule has 0 aromatic heterocycles. The molecule has 264 valence electrons. The van der Waals surface area contributed by atoms with Gasteiger partial charge >= 0.3 is 17.9 Å². The van der Waals surface area contributed by atoms with Crippen LogP contribution in [0.3, 0.4) is 0 Å². The van der Waals surface area contributed by atoms with Gasteiger partial charge in [0.2, 0.25) is 17.6 Å². The molecular weight excluding hydrogens is 622 g/mol. The van der Waals surface area contributed by atoms with Crippen molar-refractivity contribution < 1.29 is 28.2 Å². The van der Waals surface area contributed by atoms with Crippen molar-refractivity contribution in [2.24, 2.45) is 22.7 Å². The molecule has 5 atom stereocenters. The van der Waals surface area contributed by atoms with Crippen LogP contribution in [0.1, 0.15) is 73.6 Å². The van der Waals surface area contributed by atoms with E-state index in [1.807, 2.05) is 41.5 Å². The van der Waals surface area contributed by atoms with Crippen LogP contribution in [0.2, 0.25) is 0 Å². The molecule has 5 amide bonds. The van der Waals surface area contributed by atoms with E-state index in [1.165, 1.54) is 11.0 Å². The van der Waals surface area contributed by atoms with Crippen molar-refractivity contribution in [2.45, 2.75) is 97.8 Å². The molecule has 2 rings (SSSR count). The maximum Gasteiger partial charge on any atom is 0.587 e. The van der Waals surface area contributed by atoms with Crippen molar-refractivity contribution in [3.8, 4) is 0 Å². The van der Waals surface area contributed by atoms with E-state index in [0.29, 0.717) is 44.3 Å². The van der Waals surface area contributed by atoms with Crippen molar-refractivity contribution >= 4 is 41.4 Å². The van der Waals surface area contributed by atoms with Gasteiger partial charge in [0, 0.05) is 31.6 Å². The fourth-order valence-electron chi connectivity index (χ4n) is 5.52.